The van der Waals surface area contributed by atoms with Gasteiger partial charge in [-0.25, -0.2) is 0 Å². The molecular weight excluding hydrogens is 340 g/mol. The number of carbonyl (C=O) groups is 1. The molecular formula is C23H38O2S. The minimum Gasteiger partial charge on any atom is -0.461 e. The zero-order chi connectivity index (χ0) is 18.6. The summed E-state index contributed by atoms with van der Waals surface area (Å²) in [6.45, 7) is 7.05. The lowest BCUT2D eigenvalue weighted by atomic mass is 9.59. The predicted octanol–water partition coefficient (Wildman–Crippen LogP) is 6.39. The van der Waals surface area contributed by atoms with E-state index in [0.29, 0.717) is 11.8 Å². The topological polar surface area (TPSA) is 26.3 Å². The van der Waals surface area contributed by atoms with Crippen LogP contribution in [-0.2, 0) is 9.53 Å². The van der Waals surface area contributed by atoms with E-state index in [4.69, 9.17) is 4.74 Å². The minimum atomic E-state index is 0.0715. The first-order valence-corrected chi connectivity index (χ1v) is 12.2. The Labute approximate surface area is 164 Å². The molecule has 1 saturated heterocycles. The first-order chi connectivity index (χ1) is 12.5. The fourth-order valence-corrected chi connectivity index (χ4v) is 6.62. The Balaban J connectivity index is 1.50. The lowest BCUT2D eigenvalue weighted by Gasteiger charge is -2.46. The van der Waals surface area contributed by atoms with Gasteiger partial charge >= 0.3 is 5.97 Å². The van der Waals surface area contributed by atoms with Crippen LogP contribution in [0.1, 0.15) is 85.0 Å². The maximum atomic E-state index is 12.5. The van der Waals surface area contributed by atoms with Gasteiger partial charge in [-0.2, -0.15) is 11.8 Å². The maximum Gasteiger partial charge on any atom is 0.310 e. The lowest BCUT2D eigenvalue weighted by Crippen LogP contribution is -2.39. The predicted molar refractivity (Wildman–Crippen MR) is 111 cm³/mol. The van der Waals surface area contributed by atoms with Crippen LogP contribution in [0.3, 0.4) is 0 Å². The summed E-state index contributed by atoms with van der Waals surface area (Å²) in [5.41, 5.74) is 1.91. The smallest absolute Gasteiger partial charge is 0.310 e. The van der Waals surface area contributed by atoms with Crippen molar-refractivity contribution in [2.75, 3.05) is 11.5 Å². The monoisotopic (exact) mass is 378 g/mol. The average Bonchev–Trinajstić information content (AvgIpc) is 2.89. The van der Waals surface area contributed by atoms with E-state index < -0.39 is 0 Å². The number of hydrogen-bond acceptors (Lipinski definition) is 3. The van der Waals surface area contributed by atoms with Crippen molar-refractivity contribution in [1.82, 2.24) is 0 Å². The second-order valence-electron chi connectivity index (χ2n) is 9.18. The third-order valence-electron chi connectivity index (χ3n) is 7.02. The van der Waals surface area contributed by atoms with E-state index in [0.717, 1.165) is 12.2 Å². The van der Waals surface area contributed by atoms with Gasteiger partial charge in [-0.3, -0.25) is 4.79 Å². The molecule has 2 nitrogen and oxygen atoms in total. The molecule has 0 aromatic heterocycles. The van der Waals surface area contributed by atoms with E-state index in [9.17, 15) is 4.79 Å². The van der Waals surface area contributed by atoms with Crippen LogP contribution in [0.15, 0.2) is 11.6 Å². The molecule has 3 rings (SSSR count). The van der Waals surface area contributed by atoms with E-state index in [1.54, 1.807) is 5.57 Å². The SMILES string of the molecule is CCCCCCCCSCC1C(=O)OC2CC3(C)CCCC(C)C3=CC21. The van der Waals surface area contributed by atoms with Crippen LogP contribution < -0.4 is 0 Å². The molecule has 2 fully saturated rings. The number of rotatable bonds is 9. The highest BCUT2D eigenvalue weighted by Gasteiger charge is 2.51. The van der Waals surface area contributed by atoms with Crippen molar-refractivity contribution in [2.45, 2.75) is 91.1 Å². The summed E-state index contributed by atoms with van der Waals surface area (Å²) < 4.78 is 5.85. The molecule has 5 unspecified atom stereocenters. The number of hydrogen-bond donors (Lipinski definition) is 0. The van der Waals surface area contributed by atoms with Gasteiger partial charge in [-0.15, -0.1) is 0 Å². The molecule has 5 atom stereocenters. The summed E-state index contributed by atoms with van der Waals surface area (Å²) in [6.07, 6.45) is 15.6. The maximum absolute atomic E-state index is 12.5. The van der Waals surface area contributed by atoms with E-state index in [1.165, 1.54) is 63.5 Å². The molecule has 0 N–H and O–H groups in total. The van der Waals surface area contributed by atoms with Gasteiger partial charge < -0.3 is 4.74 Å². The van der Waals surface area contributed by atoms with Crippen LogP contribution in [0.25, 0.3) is 0 Å². The van der Waals surface area contributed by atoms with Gasteiger partial charge in [0.15, 0.2) is 0 Å². The summed E-state index contributed by atoms with van der Waals surface area (Å²) in [5.74, 6) is 3.32. The van der Waals surface area contributed by atoms with Crippen LogP contribution in [0.5, 0.6) is 0 Å². The molecule has 0 aromatic rings. The van der Waals surface area contributed by atoms with Gasteiger partial charge in [0.05, 0.1) is 5.92 Å². The summed E-state index contributed by atoms with van der Waals surface area (Å²) >= 11 is 1.97. The highest BCUT2D eigenvalue weighted by atomic mass is 32.2. The molecule has 3 heteroatoms. The number of esters is 1. The number of ether oxygens (including phenoxy) is 1. The number of allylic oxidation sites excluding steroid dienone is 1. The van der Waals surface area contributed by atoms with Crippen molar-refractivity contribution in [1.29, 1.82) is 0 Å². The highest BCUT2D eigenvalue weighted by molar-refractivity contribution is 7.99. The van der Waals surface area contributed by atoms with Crippen molar-refractivity contribution >= 4 is 17.7 Å². The molecule has 0 bridgehead atoms. The average molecular weight is 379 g/mol. The molecule has 26 heavy (non-hydrogen) atoms. The van der Waals surface area contributed by atoms with Crippen LogP contribution in [0.4, 0.5) is 0 Å². The van der Waals surface area contributed by atoms with E-state index >= 15 is 0 Å². The largest absolute Gasteiger partial charge is 0.461 e. The van der Waals surface area contributed by atoms with Crippen molar-refractivity contribution < 1.29 is 9.53 Å². The Kier molecular flexibility index (Phi) is 7.16. The number of unbranched alkanes of at least 4 members (excludes halogenated alkanes) is 5. The van der Waals surface area contributed by atoms with Crippen LogP contribution >= 0.6 is 11.8 Å². The molecule has 2 aliphatic carbocycles. The van der Waals surface area contributed by atoms with Gasteiger partial charge in [0.25, 0.3) is 0 Å². The number of fused-ring (bicyclic) bond motifs is 2. The van der Waals surface area contributed by atoms with Crippen molar-refractivity contribution in [3.05, 3.63) is 11.6 Å². The summed E-state index contributed by atoms with van der Waals surface area (Å²) in [6, 6.07) is 0. The number of carbonyl (C=O) groups excluding carboxylic acids is 1. The summed E-state index contributed by atoms with van der Waals surface area (Å²) in [7, 11) is 0. The van der Waals surface area contributed by atoms with Gasteiger partial charge in [-0.05, 0) is 42.8 Å². The molecule has 1 aliphatic heterocycles. The minimum absolute atomic E-state index is 0.0715. The van der Waals surface area contributed by atoms with Crippen LogP contribution in [0, 0.1) is 23.2 Å². The van der Waals surface area contributed by atoms with Gasteiger partial charge in [0.1, 0.15) is 6.10 Å². The molecule has 1 saturated carbocycles. The van der Waals surface area contributed by atoms with E-state index in [2.05, 4.69) is 26.8 Å². The van der Waals surface area contributed by atoms with E-state index in [-0.39, 0.29) is 23.4 Å². The second-order valence-corrected chi connectivity index (χ2v) is 10.3. The third-order valence-corrected chi connectivity index (χ3v) is 8.19. The molecule has 0 aromatic carbocycles. The van der Waals surface area contributed by atoms with Crippen LogP contribution in [0.2, 0.25) is 0 Å². The number of thioether (sulfide) groups is 1. The molecule has 0 spiro atoms. The third kappa shape index (κ3) is 4.51. The Morgan fingerprint density at radius 2 is 2.00 bits per heavy atom. The first kappa shape index (κ1) is 20.3. The highest BCUT2D eigenvalue weighted by Crippen LogP contribution is 2.54. The molecule has 3 aliphatic rings. The van der Waals surface area contributed by atoms with Gasteiger partial charge in [-0.1, -0.05) is 70.9 Å². The van der Waals surface area contributed by atoms with Crippen molar-refractivity contribution in [3.63, 3.8) is 0 Å². The second kappa shape index (κ2) is 9.17. The Hall–Kier alpha value is -0.440. The zero-order valence-electron chi connectivity index (χ0n) is 17.1. The van der Waals surface area contributed by atoms with E-state index in [1.807, 2.05) is 11.8 Å². The summed E-state index contributed by atoms with van der Waals surface area (Å²) in [4.78, 5) is 12.5. The molecule has 0 amide bonds. The standard InChI is InChI=1S/C23H38O2S/c1-4-5-6-7-8-9-13-26-16-19-18-14-20-17(2)11-10-12-23(20,3)15-21(18)25-22(19)24/h14,17-19,21H,4-13,15-16H2,1-3H3. The van der Waals surface area contributed by atoms with Gasteiger partial charge in [0, 0.05) is 11.7 Å². The molecule has 0 radical (unpaired) electrons. The van der Waals surface area contributed by atoms with Crippen molar-refractivity contribution in [2.24, 2.45) is 23.2 Å². The Morgan fingerprint density at radius 1 is 1.23 bits per heavy atom. The van der Waals surface area contributed by atoms with Gasteiger partial charge in [0.2, 0.25) is 0 Å². The molecule has 1 heterocycles. The molecule has 148 valence electrons. The Morgan fingerprint density at radius 3 is 2.81 bits per heavy atom. The fraction of sp³-hybridized carbons (Fsp3) is 0.870. The summed E-state index contributed by atoms with van der Waals surface area (Å²) in [5, 5.41) is 0. The first-order valence-electron chi connectivity index (χ1n) is 11.1. The quantitative estimate of drug-likeness (QED) is 0.264. The van der Waals surface area contributed by atoms with Crippen LogP contribution in [-0.4, -0.2) is 23.6 Å². The Bertz CT molecular complexity index is 514. The van der Waals surface area contributed by atoms with Crippen molar-refractivity contribution in [3.8, 4) is 0 Å². The normalized spacial score (nSPS) is 36.3. The fourth-order valence-electron chi connectivity index (χ4n) is 5.44. The zero-order valence-corrected chi connectivity index (χ0v) is 17.9. The lowest BCUT2D eigenvalue weighted by molar-refractivity contribution is -0.144.